The van der Waals surface area contributed by atoms with Gasteiger partial charge in [-0.05, 0) is 50.4 Å². The summed E-state index contributed by atoms with van der Waals surface area (Å²) in [6.45, 7) is 8.63. The van der Waals surface area contributed by atoms with Crippen LogP contribution in [-0.4, -0.2) is 25.9 Å². The minimum Gasteiger partial charge on any atom is -0.491 e. The van der Waals surface area contributed by atoms with Gasteiger partial charge < -0.3 is 15.2 Å². The normalized spacial score (nSPS) is 19.0. The molecular weight excluding hydrogens is 238 g/mol. The zero-order chi connectivity index (χ0) is 13.9. The van der Waals surface area contributed by atoms with Crippen LogP contribution < -0.4 is 10.5 Å². The lowest BCUT2D eigenvalue weighted by atomic mass is 9.72. The molecule has 1 aromatic rings. The van der Waals surface area contributed by atoms with Gasteiger partial charge in [-0.1, -0.05) is 19.1 Å². The molecule has 1 atom stereocenters. The topological polar surface area (TPSA) is 44.5 Å². The monoisotopic (exact) mass is 263 g/mol. The van der Waals surface area contributed by atoms with Crippen molar-refractivity contribution < 1.29 is 9.47 Å². The van der Waals surface area contributed by atoms with Crippen molar-refractivity contribution in [2.75, 3.05) is 19.8 Å². The summed E-state index contributed by atoms with van der Waals surface area (Å²) in [5.74, 6) is 1.46. The number of benzene rings is 1. The summed E-state index contributed by atoms with van der Waals surface area (Å²) in [5.41, 5.74) is 7.26. The molecule has 1 saturated heterocycles. The van der Waals surface area contributed by atoms with Crippen molar-refractivity contribution in [2.24, 2.45) is 11.7 Å². The van der Waals surface area contributed by atoms with Crippen LogP contribution in [0.3, 0.4) is 0 Å². The first-order valence-corrected chi connectivity index (χ1v) is 7.11. The van der Waals surface area contributed by atoms with E-state index in [-0.39, 0.29) is 11.5 Å². The first-order valence-electron chi connectivity index (χ1n) is 7.11. The third-order valence-corrected chi connectivity index (χ3v) is 3.74. The van der Waals surface area contributed by atoms with E-state index in [9.17, 15) is 0 Å². The van der Waals surface area contributed by atoms with Crippen LogP contribution in [0, 0.1) is 5.92 Å². The number of hydrogen-bond acceptors (Lipinski definition) is 3. The van der Waals surface area contributed by atoms with Gasteiger partial charge in [-0.2, -0.15) is 0 Å². The van der Waals surface area contributed by atoms with E-state index in [4.69, 9.17) is 15.2 Å². The Morgan fingerprint density at radius 2 is 1.84 bits per heavy atom. The minimum atomic E-state index is 0.162. The second kappa shape index (κ2) is 5.93. The molecule has 0 radical (unpaired) electrons. The first-order chi connectivity index (χ1) is 9.05. The number of ether oxygens (including phenoxy) is 2. The molecule has 106 valence electrons. The Balaban J connectivity index is 2.10. The van der Waals surface area contributed by atoms with Gasteiger partial charge in [-0.3, -0.25) is 0 Å². The van der Waals surface area contributed by atoms with Gasteiger partial charge in [0.15, 0.2) is 0 Å². The SMILES string of the molecule is CC(CN)CC1(c2ccc(OC(C)C)cc2)COC1. The Morgan fingerprint density at radius 1 is 1.21 bits per heavy atom. The zero-order valence-corrected chi connectivity index (χ0v) is 12.2. The second-order valence-corrected chi connectivity index (χ2v) is 6.01. The zero-order valence-electron chi connectivity index (χ0n) is 12.2. The van der Waals surface area contributed by atoms with E-state index in [0.717, 1.165) is 31.9 Å². The van der Waals surface area contributed by atoms with Crippen LogP contribution in [0.25, 0.3) is 0 Å². The van der Waals surface area contributed by atoms with Crippen LogP contribution in [0.15, 0.2) is 24.3 Å². The predicted molar refractivity (Wildman–Crippen MR) is 77.5 cm³/mol. The lowest BCUT2D eigenvalue weighted by molar-refractivity contribution is -0.0702. The van der Waals surface area contributed by atoms with Gasteiger partial charge in [0.25, 0.3) is 0 Å². The Labute approximate surface area is 116 Å². The molecule has 19 heavy (non-hydrogen) atoms. The molecule has 1 aromatic carbocycles. The maximum absolute atomic E-state index is 5.75. The van der Waals surface area contributed by atoms with Crippen LogP contribution in [0.5, 0.6) is 5.75 Å². The molecule has 3 nitrogen and oxygen atoms in total. The average Bonchev–Trinajstić information content (AvgIpc) is 2.34. The Bertz CT molecular complexity index is 396. The van der Waals surface area contributed by atoms with E-state index in [2.05, 4.69) is 31.2 Å². The molecule has 0 saturated carbocycles. The largest absolute Gasteiger partial charge is 0.491 e. The molecule has 0 aliphatic carbocycles. The van der Waals surface area contributed by atoms with Gasteiger partial charge in [0.2, 0.25) is 0 Å². The summed E-state index contributed by atoms with van der Waals surface area (Å²) in [4.78, 5) is 0. The Morgan fingerprint density at radius 3 is 2.26 bits per heavy atom. The fourth-order valence-corrected chi connectivity index (χ4v) is 2.66. The highest BCUT2D eigenvalue weighted by molar-refractivity contribution is 5.34. The molecule has 0 aromatic heterocycles. The molecule has 1 unspecified atom stereocenters. The van der Waals surface area contributed by atoms with Crippen LogP contribution in [-0.2, 0) is 10.2 Å². The van der Waals surface area contributed by atoms with Crippen molar-refractivity contribution in [3.05, 3.63) is 29.8 Å². The summed E-state index contributed by atoms with van der Waals surface area (Å²) < 4.78 is 11.1. The summed E-state index contributed by atoms with van der Waals surface area (Å²) in [6, 6.07) is 8.46. The molecule has 3 heteroatoms. The molecule has 0 bridgehead atoms. The quantitative estimate of drug-likeness (QED) is 0.858. The number of rotatable bonds is 6. The van der Waals surface area contributed by atoms with Crippen molar-refractivity contribution in [1.82, 2.24) is 0 Å². The van der Waals surface area contributed by atoms with Crippen molar-refractivity contribution in [3.8, 4) is 5.75 Å². The maximum atomic E-state index is 5.75. The number of nitrogens with two attached hydrogens (primary N) is 1. The van der Waals surface area contributed by atoms with Crippen LogP contribution in [0.2, 0.25) is 0 Å². The van der Waals surface area contributed by atoms with E-state index in [1.165, 1.54) is 5.56 Å². The molecule has 1 aliphatic heterocycles. The van der Waals surface area contributed by atoms with Crippen LogP contribution in [0.1, 0.15) is 32.8 Å². The number of hydrogen-bond donors (Lipinski definition) is 1. The minimum absolute atomic E-state index is 0.162. The summed E-state index contributed by atoms with van der Waals surface area (Å²) in [5, 5.41) is 0. The molecule has 2 rings (SSSR count). The van der Waals surface area contributed by atoms with E-state index in [0.29, 0.717) is 5.92 Å². The highest BCUT2D eigenvalue weighted by Gasteiger charge is 2.41. The van der Waals surface area contributed by atoms with Gasteiger partial charge in [0.05, 0.1) is 19.3 Å². The lowest BCUT2D eigenvalue weighted by Crippen LogP contribution is -2.48. The third-order valence-electron chi connectivity index (χ3n) is 3.74. The highest BCUT2D eigenvalue weighted by Crippen LogP contribution is 2.38. The summed E-state index contributed by atoms with van der Waals surface area (Å²) in [7, 11) is 0. The Kier molecular flexibility index (Phi) is 4.48. The Hall–Kier alpha value is -1.06. The van der Waals surface area contributed by atoms with Crippen molar-refractivity contribution in [2.45, 2.75) is 38.7 Å². The van der Waals surface area contributed by atoms with Gasteiger partial charge in [-0.25, -0.2) is 0 Å². The van der Waals surface area contributed by atoms with Gasteiger partial charge in [0.1, 0.15) is 5.75 Å². The third kappa shape index (κ3) is 3.28. The van der Waals surface area contributed by atoms with Gasteiger partial charge in [0, 0.05) is 5.41 Å². The van der Waals surface area contributed by atoms with Crippen molar-refractivity contribution in [3.63, 3.8) is 0 Å². The molecule has 0 amide bonds. The van der Waals surface area contributed by atoms with Gasteiger partial charge >= 0.3 is 0 Å². The van der Waals surface area contributed by atoms with E-state index in [1.807, 2.05) is 13.8 Å². The lowest BCUT2D eigenvalue weighted by Gasteiger charge is -2.43. The van der Waals surface area contributed by atoms with E-state index >= 15 is 0 Å². The molecule has 1 aliphatic rings. The predicted octanol–water partition coefficient (Wildman–Crippen LogP) is 2.73. The smallest absolute Gasteiger partial charge is 0.119 e. The van der Waals surface area contributed by atoms with Gasteiger partial charge in [-0.15, -0.1) is 0 Å². The maximum Gasteiger partial charge on any atom is 0.119 e. The fourth-order valence-electron chi connectivity index (χ4n) is 2.66. The van der Waals surface area contributed by atoms with E-state index in [1.54, 1.807) is 0 Å². The van der Waals surface area contributed by atoms with E-state index < -0.39 is 0 Å². The van der Waals surface area contributed by atoms with Crippen LogP contribution >= 0.6 is 0 Å². The molecule has 2 N–H and O–H groups in total. The summed E-state index contributed by atoms with van der Waals surface area (Å²) >= 11 is 0. The van der Waals surface area contributed by atoms with Crippen molar-refractivity contribution in [1.29, 1.82) is 0 Å². The molecular formula is C16H25NO2. The first kappa shape index (κ1) is 14.4. The second-order valence-electron chi connectivity index (χ2n) is 6.01. The summed E-state index contributed by atoms with van der Waals surface area (Å²) in [6.07, 6.45) is 1.30. The standard InChI is InChI=1S/C16H25NO2/c1-12(2)19-15-6-4-14(5-7-15)16(10-18-11-16)8-13(3)9-17/h4-7,12-13H,8-11,17H2,1-3H3. The fraction of sp³-hybridized carbons (Fsp3) is 0.625. The highest BCUT2D eigenvalue weighted by atomic mass is 16.5. The molecule has 1 heterocycles. The molecule has 1 fully saturated rings. The average molecular weight is 263 g/mol. The van der Waals surface area contributed by atoms with Crippen molar-refractivity contribution >= 4 is 0 Å². The van der Waals surface area contributed by atoms with Crippen LogP contribution in [0.4, 0.5) is 0 Å². The molecule has 0 spiro atoms.